The summed E-state index contributed by atoms with van der Waals surface area (Å²) in [6.07, 6.45) is -4.60. The number of hydrogen-bond acceptors (Lipinski definition) is 3. The maximum Gasteiger partial charge on any atom is 0.449 e. The fourth-order valence-electron chi connectivity index (χ4n) is 1.76. The Balaban J connectivity index is 2.47. The van der Waals surface area contributed by atoms with Crippen LogP contribution in [-0.2, 0) is 6.18 Å². The lowest BCUT2D eigenvalue weighted by molar-refractivity contribution is -0.144. The third-order valence-corrected chi connectivity index (χ3v) is 2.74. The summed E-state index contributed by atoms with van der Waals surface area (Å²) in [4.78, 5) is 5.57. The lowest BCUT2D eigenvalue weighted by Crippen LogP contribution is -2.11. The van der Waals surface area contributed by atoms with Gasteiger partial charge in [0.15, 0.2) is 0 Å². The predicted molar refractivity (Wildman–Crippen MR) is 75.6 cm³/mol. The van der Waals surface area contributed by atoms with E-state index in [2.05, 4.69) is 9.97 Å². The molecule has 21 heavy (non-hydrogen) atoms. The second-order valence-electron chi connectivity index (χ2n) is 4.67. The molecule has 0 unspecified atom stereocenters. The van der Waals surface area contributed by atoms with Crippen LogP contribution in [-0.4, -0.2) is 16.1 Å². The van der Waals surface area contributed by atoms with Gasteiger partial charge in [-0.3, -0.25) is 0 Å². The van der Waals surface area contributed by atoms with Crippen LogP contribution in [0, 0.1) is 4.64 Å². The van der Waals surface area contributed by atoms with Crippen molar-refractivity contribution in [2.24, 2.45) is 0 Å². The fraction of sp³-hybridized carbons (Fsp3) is 0.286. The topological polar surface area (TPSA) is 37.9 Å². The van der Waals surface area contributed by atoms with E-state index < -0.39 is 12.0 Å². The van der Waals surface area contributed by atoms with Crippen molar-refractivity contribution >= 4 is 12.2 Å². The first-order valence-electron chi connectivity index (χ1n) is 6.21. The normalized spacial score (nSPS) is 11.7. The number of nitrogens with one attached hydrogen (secondary N) is 1. The van der Waals surface area contributed by atoms with Crippen LogP contribution in [0.25, 0.3) is 11.3 Å². The van der Waals surface area contributed by atoms with E-state index in [9.17, 15) is 13.2 Å². The number of nitrogens with zero attached hydrogens (tertiary/aromatic N) is 1. The van der Waals surface area contributed by atoms with Crippen LogP contribution in [0.4, 0.5) is 13.2 Å². The molecule has 0 aliphatic rings. The molecular formula is C14H13F3N2OS. The van der Waals surface area contributed by atoms with Gasteiger partial charge in [-0.05, 0) is 32.0 Å². The number of hydrogen-bond donors (Lipinski definition) is 1. The number of alkyl halides is 3. The summed E-state index contributed by atoms with van der Waals surface area (Å²) < 4.78 is 43.7. The second-order valence-corrected chi connectivity index (χ2v) is 5.09. The van der Waals surface area contributed by atoms with Crippen molar-refractivity contribution in [2.45, 2.75) is 26.1 Å². The summed E-state index contributed by atoms with van der Waals surface area (Å²) in [7, 11) is 0. The Morgan fingerprint density at radius 1 is 1.24 bits per heavy atom. The maximum absolute atomic E-state index is 12.8. The molecule has 0 saturated heterocycles. The molecule has 0 fully saturated rings. The van der Waals surface area contributed by atoms with Gasteiger partial charge in [0.2, 0.25) is 5.82 Å². The Morgan fingerprint density at radius 3 is 2.57 bits per heavy atom. The lowest BCUT2D eigenvalue weighted by atomic mass is 10.1. The van der Waals surface area contributed by atoms with Gasteiger partial charge in [0.05, 0.1) is 11.8 Å². The molecule has 2 aromatic rings. The van der Waals surface area contributed by atoms with Crippen molar-refractivity contribution < 1.29 is 17.9 Å². The molecule has 0 atom stereocenters. The highest BCUT2D eigenvalue weighted by Crippen LogP contribution is 2.29. The number of aromatic amines is 1. The van der Waals surface area contributed by atoms with Gasteiger partial charge in [-0.2, -0.15) is 13.2 Å². The van der Waals surface area contributed by atoms with Crippen LogP contribution < -0.4 is 4.74 Å². The van der Waals surface area contributed by atoms with Gasteiger partial charge in [0.25, 0.3) is 0 Å². The average Bonchev–Trinajstić information content (AvgIpc) is 2.36. The number of ether oxygens (including phenoxy) is 1. The van der Waals surface area contributed by atoms with E-state index in [0.717, 1.165) is 0 Å². The predicted octanol–water partition coefficient (Wildman–Crippen LogP) is 4.61. The average molecular weight is 314 g/mol. The van der Waals surface area contributed by atoms with Crippen molar-refractivity contribution in [3.63, 3.8) is 0 Å². The molecule has 7 heteroatoms. The van der Waals surface area contributed by atoms with Gasteiger partial charge in [-0.15, -0.1) is 0 Å². The Kier molecular flexibility index (Phi) is 4.32. The molecule has 1 aromatic heterocycles. The number of aromatic nitrogens is 2. The summed E-state index contributed by atoms with van der Waals surface area (Å²) in [5.74, 6) is -0.535. The minimum absolute atomic E-state index is 0.0260. The van der Waals surface area contributed by atoms with Crippen LogP contribution in [0.5, 0.6) is 5.75 Å². The molecule has 112 valence electrons. The molecule has 1 heterocycles. The molecule has 0 radical (unpaired) electrons. The highest BCUT2D eigenvalue weighted by atomic mass is 32.1. The smallest absolute Gasteiger partial charge is 0.449 e. The molecule has 0 bridgehead atoms. The Morgan fingerprint density at radius 2 is 1.95 bits per heavy atom. The van der Waals surface area contributed by atoms with Crippen LogP contribution in [0.15, 0.2) is 30.3 Å². The third-order valence-electron chi connectivity index (χ3n) is 2.53. The number of rotatable bonds is 3. The summed E-state index contributed by atoms with van der Waals surface area (Å²) in [6.45, 7) is 3.74. The zero-order valence-electron chi connectivity index (χ0n) is 11.4. The maximum atomic E-state index is 12.8. The largest absolute Gasteiger partial charge is 0.491 e. The number of halogens is 3. The van der Waals surface area contributed by atoms with E-state index in [1.54, 1.807) is 24.3 Å². The van der Waals surface area contributed by atoms with Gasteiger partial charge in [0, 0.05) is 5.56 Å². The van der Waals surface area contributed by atoms with Gasteiger partial charge in [-0.25, -0.2) is 4.98 Å². The van der Waals surface area contributed by atoms with E-state index in [-0.39, 0.29) is 16.4 Å². The van der Waals surface area contributed by atoms with Crippen LogP contribution in [0.1, 0.15) is 19.7 Å². The molecule has 0 aliphatic carbocycles. The quantitative estimate of drug-likeness (QED) is 0.841. The molecule has 0 spiro atoms. The van der Waals surface area contributed by atoms with E-state index in [4.69, 9.17) is 17.0 Å². The van der Waals surface area contributed by atoms with E-state index >= 15 is 0 Å². The van der Waals surface area contributed by atoms with Crippen molar-refractivity contribution in [2.75, 3.05) is 0 Å². The van der Waals surface area contributed by atoms with Gasteiger partial charge in [0.1, 0.15) is 10.4 Å². The van der Waals surface area contributed by atoms with Gasteiger partial charge in [-0.1, -0.05) is 24.4 Å². The Labute approximate surface area is 124 Å². The molecule has 0 amide bonds. The van der Waals surface area contributed by atoms with Crippen molar-refractivity contribution in [1.29, 1.82) is 0 Å². The highest BCUT2D eigenvalue weighted by molar-refractivity contribution is 7.71. The van der Waals surface area contributed by atoms with Crippen molar-refractivity contribution in [1.82, 2.24) is 9.97 Å². The monoisotopic (exact) mass is 314 g/mol. The molecule has 0 aliphatic heterocycles. The van der Waals surface area contributed by atoms with E-state index in [1.165, 1.54) is 6.07 Å². The van der Waals surface area contributed by atoms with Crippen LogP contribution in [0.2, 0.25) is 0 Å². The van der Waals surface area contributed by atoms with E-state index in [1.807, 2.05) is 13.8 Å². The molecule has 1 N–H and O–H groups in total. The first-order chi connectivity index (χ1) is 9.75. The first kappa shape index (κ1) is 15.5. The molecule has 0 saturated carbocycles. The van der Waals surface area contributed by atoms with Gasteiger partial charge >= 0.3 is 6.18 Å². The summed E-state index contributed by atoms with van der Waals surface area (Å²) >= 11 is 4.80. The number of H-pyrrole nitrogens is 1. The van der Waals surface area contributed by atoms with Gasteiger partial charge < -0.3 is 9.72 Å². The summed E-state index contributed by atoms with van der Waals surface area (Å²) in [5.41, 5.74) is 0.795. The first-order valence-corrected chi connectivity index (χ1v) is 6.62. The van der Waals surface area contributed by atoms with Crippen molar-refractivity contribution in [3.05, 3.63) is 40.8 Å². The Bertz CT molecular complexity index is 695. The second kappa shape index (κ2) is 5.85. The zero-order valence-corrected chi connectivity index (χ0v) is 12.2. The van der Waals surface area contributed by atoms with E-state index in [0.29, 0.717) is 11.3 Å². The highest BCUT2D eigenvalue weighted by Gasteiger charge is 2.34. The molecular weight excluding hydrogens is 301 g/mol. The van der Waals surface area contributed by atoms with Crippen molar-refractivity contribution in [3.8, 4) is 17.0 Å². The third kappa shape index (κ3) is 4.04. The zero-order chi connectivity index (χ0) is 15.6. The number of benzene rings is 1. The molecule has 3 nitrogen and oxygen atoms in total. The SMILES string of the molecule is CC(C)Oc1cccc(-c2cc(=S)nc(C(F)(F)F)[nH]2)c1. The Hall–Kier alpha value is -1.89. The summed E-state index contributed by atoms with van der Waals surface area (Å²) in [6, 6.07) is 8.16. The minimum Gasteiger partial charge on any atom is -0.491 e. The summed E-state index contributed by atoms with van der Waals surface area (Å²) in [5, 5.41) is 0. The molecule has 1 aromatic carbocycles. The van der Waals surface area contributed by atoms with Crippen LogP contribution >= 0.6 is 12.2 Å². The molecule has 2 rings (SSSR count). The fourth-order valence-corrected chi connectivity index (χ4v) is 1.97. The standard InChI is InChI=1S/C14H13F3N2OS/c1-8(2)20-10-5-3-4-9(6-10)11-7-12(21)19-13(18-11)14(15,16)17/h3-8H,1-2H3,(H,18,19,21). The minimum atomic E-state index is -4.57. The lowest BCUT2D eigenvalue weighted by Gasteiger charge is -2.12. The van der Waals surface area contributed by atoms with Crippen LogP contribution in [0.3, 0.4) is 0 Å².